The van der Waals surface area contributed by atoms with Gasteiger partial charge in [0.25, 0.3) is 5.91 Å². The minimum Gasteiger partial charge on any atom is -0.439 e. The number of carbonyl (C=O) groups excluding carboxylic acids is 4. The maximum Gasteiger partial charge on any atom is 0.405 e. The molecule has 0 aromatic heterocycles. The van der Waals surface area contributed by atoms with E-state index in [4.69, 9.17) is 19.9 Å². The molecule has 0 saturated heterocycles. The lowest BCUT2D eigenvalue weighted by atomic mass is 9.84. The molecule has 12 nitrogen and oxygen atoms in total. The second-order valence-electron chi connectivity index (χ2n) is 13.0. The number of alkyl halides is 3. The van der Waals surface area contributed by atoms with Crippen LogP contribution < -0.4 is 21.7 Å². The van der Waals surface area contributed by atoms with E-state index in [1.54, 1.807) is 26.0 Å². The van der Waals surface area contributed by atoms with Gasteiger partial charge in [0.1, 0.15) is 6.10 Å². The Balaban J connectivity index is 2.70. The first kappa shape index (κ1) is 42.4. The largest absolute Gasteiger partial charge is 0.439 e. The van der Waals surface area contributed by atoms with E-state index < -0.39 is 66.4 Å². The number of nitrogens with two attached hydrogens (primary N) is 1. The van der Waals surface area contributed by atoms with Crippen molar-refractivity contribution in [1.29, 1.82) is 0 Å². The molecule has 0 unspecified atom stereocenters. The molecule has 2 bridgehead atoms. The zero-order valence-corrected chi connectivity index (χ0v) is 30.1. The first-order valence-corrected chi connectivity index (χ1v) is 16.5. The molecule has 280 valence electrons. The Morgan fingerprint density at radius 1 is 1.10 bits per heavy atom. The van der Waals surface area contributed by atoms with Crippen LogP contribution in [0.4, 0.5) is 18.0 Å². The highest BCUT2D eigenvalue weighted by Crippen LogP contribution is 2.29. The molecule has 6 atom stereocenters. The number of fused-ring (bicyclic) bond motifs is 2. The maximum absolute atomic E-state index is 13.9. The summed E-state index contributed by atoms with van der Waals surface area (Å²) in [6, 6.07) is -0.664. The summed E-state index contributed by atoms with van der Waals surface area (Å²) in [6.45, 7) is 7.43. The summed E-state index contributed by atoms with van der Waals surface area (Å²) in [6.07, 6.45) is -1.32. The molecule has 0 aromatic rings. The Morgan fingerprint density at radius 3 is 2.36 bits per heavy atom. The molecule has 2 amide bonds. The number of carbonyl (C=O) groups is 4. The highest BCUT2D eigenvalue weighted by molar-refractivity contribution is 6.23. The summed E-state index contributed by atoms with van der Waals surface area (Å²) < 4.78 is 56.5. The topological polar surface area (TPSA) is 161 Å². The van der Waals surface area contributed by atoms with Crippen LogP contribution in [-0.2, 0) is 28.6 Å². The van der Waals surface area contributed by atoms with Crippen LogP contribution >= 0.6 is 0 Å². The van der Waals surface area contributed by atoms with Crippen LogP contribution in [0.5, 0.6) is 0 Å². The maximum atomic E-state index is 13.9. The Labute approximate surface area is 292 Å². The summed E-state index contributed by atoms with van der Waals surface area (Å²) >= 11 is 0. The molecule has 1 aliphatic carbocycles. The summed E-state index contributed by atoms with van der Waals surface area (Å²) in [4.78, 5) is 54.2. The summed E-state index contributed by atoms with van der Waals surface area (Å²) in [7, 11) is 6.58. The van der Waals surface area contributed by atoms with Crippen LogP contribution in [-0.4, -0.2) is 107 Å². The number of hydrogen-bond acceptors (Lipinski definition) is 10. The molecular formula is C35H52F3N5O7. The van der Waals surface area contributed by atoms with Gasteiger partial charge in [-0.05, 0) is 58.2 Å². The number of primary amides is 1. The van der Waals surface area contributed by atoms with Gasteiger partial charge in [-0.15, -0.1) is 0 Å². The average molecular weight is 712 g/mol. The van der Waals surface area contributed by atoms with Crippen molar-refractivity contribution in [3.05, 3.63) is 58.5 Å². The lowest BCUT2D eigenvalue weighted by Crippen LogP contribution is -2.47. The standard InChI is InChI=1S/C35H52F3N5O7/c1-20-16-24-30(41-14-15-43(5)6)26(44)19-25(31(24)45)42-33(46)21(2)10-9-11-27(48-7)32(50-34(39)47)23(4)18-22(3)29(28(17-20)49-8)40-13-12-35(36,37)38/h9-11,18-20,22,27-29,32,40-41H,12-17H2,1-8H3,(H2,39,47)(H,42,46)/b11-9-,21-10+,23-18+/t20-,22+,27+,28+,29-,32+/m1/s1. The molecule has 0 spiro atoms. The minimum absolute atomic E-state index is 0.113. The van der Waals surface area contributed by atoms with E-state index in [-0.39, 0.29) is 47.8 Å². The number of ketones is 2. The Hall–Kier alpha value is -3.79. The number of halogens is 3. The van der Waals surface area contributed by atoms with Crippen LogP contribution in [0.25, 0.3) is 0 Å². The van der Waals surface area contributed by atoms with Gasteiger partial charge in [-0.1, -0.05) is 38.2 Å². The summed E-state index contributed by atoms with van der Waals surface area (Å²) in [5, 5.41) is 8.67. The number of Topliss-reactive ketones (excluding diaryl/α,β-unsaturated/α-hetero) is 1. The Kier molecular flexibility index (Phi) is 16.6. The number of allylic oxidation sites excluding steroid dienone is 4. The van der Waals surface area contributed by atoms with Gasteiger partial charge in [0, 0.05) is 57.1 Å². The molecule has 5 N–H and O–H groups in total. The van der Waals surface area contributed by atoms with E-state index in [9.17, 15) is 32.3 Å². The van der Waals surface area contributed by atoms with Crippen molar-refractivity contribution in [1.82, 2.24) is 20.9 Å². The number of likely N-dealkylation sites (N-methyl/N-ethyl adjacent to an activating group) is 1. The summed E-state index contributed by atoms with van der Waals surface area (Å²) in [5.74, 6) is -2.39. The number of nitrogens with one attached hydrogen (secondary N) is 3. The van der Waals surface area contributed by atoms with Crippen molar-refractivity contribution in [3.63, 3.8) is 0 Å². The van der Waals surface area contributed by atoms with E-state index in [1.165, 1.54) is 33.3 Å². The molecule has 0 fully saturated rings. The lowest BCUT2D eigenvalue weighted by molar-refractivity contribution is -0.134. The van der Waals surface area contributed by atoms with Crippen LogP contribution in [0.15, 0.2) is 58.5 Å². The number of rotatable bonds is 10. The van der Waals surface area contributed by atoms with E-state index in [0.29, 0.717) is 18.7 Å². The third-order valence-electron chi connectivity index (χ3n) is 8.49. The highest BCUT2D eigenvalue weighted by atomic mass is 19.4. The van der Waals surface area contributed by atoms with E-state index >= 15 is 0 Å². The van der Waals surface area contributed by atoms with Gasteiger partial charge in [-0.2, -0.15) is 13.2 Å². The van der Waals surface area contributed by atoms with Crippen LogP contribution in [0, 0.1) is 11.8 Å². The SMILES string of the molecule is CO[C@H]1/C=C\C=C(/C)C(=O)NC2=CC(=O)C(NCCN(C)C)=C(C[C@@H](C)C[C@H](OC)[C@H](NCCC(F)(F)F)[C@@H](C)/C=C(\C)[C@@H]1OC(N)=O)C2=O. The number of hydrogen-bond donors (Lipinski definition) is 4. The third kappa shape index (κ3) is 13.2. The number of ether oxygens (including phenoxy) is 3. The molecule has 15 heteroatoms. The van der Waals surface area contributed by atoms with E-state index in [2.05, 4.69) is 16.0 Å². The van der Waals surface area contributed by atoms with Crippen molar-refractivity contribution in [2.45, 2.75) is 77.5 Å². The van der Waals surface area contributed by atoms with Crippen molar-refractivity contribution >= 4 is 23.6 Å². The molecule has 0 aromatic carbocycles. The first-order chi connectivity index (χ1) is 23.4. The molecule has 50 heavy (non-hydrogen) atoms. The predicted octanol–water partition coefficient (Wildman–Crippen LogP) is 3.46. The minimum atomic E-state index is -4.39. The normalized spacial score (nSPS) is 29.0. The number of methoxy groups -OCH3 is 2. The van der Waals surface area contributed by atoms with Gasteiger partial charge in [0.15, 0.2) is 6.10 Å². The summed E-state index contributed by atoms with van der Waals surface area (Å²) in [5.41, 5.74) is 6.25. The van der Waals surface area contributed by atoms with E-state index in [0.717, 1.165) is 6.08 Å². The zero-order chi connectivity index (χ0) is 37.8. The number of amides is 2. The third-order valence-corrected chi connectivity index (χ3v) is 8.49. The smallest absolute Gasteiger partial charge is 0.405 e. The van der Waals surface area contributed by atoms with Gasteiger partial charge in [-0.3, -0.25) is 14.4 Å². The highest BCUT2D eigenvalue weighted by Gasteiger charge is 2.35. The second-order valence-corrected chi connectivity index (χ2v) is 13.0. The van der Waals surface area contributed by atoms with Crippen LogP contribution in [0.2, 0.25) is 0 Å². The van der Waals surface area contributed by atoms with Gasteiger partial charge in [-0.25, -0.2) is 4.79 Å². The van der Waals surface area contributed by atoms with Gasteiger partial charge >= 0.3 is 12.3 Å². The number of nitrogens with zero attached hydrogens (tertiary/aromatic N) is 1. The second kappa shape index (κ2) is 19.6. The van der Waals surface area contributed by atoms with Crippen molar-refractivity contribution in [2.75, 3.05) is 47.9 Å². The van der Waals surface area contributed by atoms with Gasteiger partial charge in [0.2, 0.25) is 11.6 Å². The van der Waals surface area contributed by atoms with Crippen molar-refractivity contribution < 1.29 is 46.6 Å². The predicted molar refractivity (Wildman–Crippen MR) is 183 cm³/mol. The first-order valence-electron chi connectivity index (χ1n) is 16.5. The fourth-order valence-electron chi connectivity index (χ4n) is 5.90. The van der Waals surface area contributed by atoms with Crippen LogP contribution in [0.1, 0.15) is 47.0 Å². The molecule has 2 rings (SSSR count). The Morgan fingerprint density at radius 2 is 1.78 bits per heavy atom. The Bertz CT molecular complexity index is 1390. The van der Waals surface area contributed by atoms with Crippen LogP contribution in [0.3, 0.4) is 0 Å². The lowest BCUT2D eigenvalue weighted by Gasteiger charge is -2.34. The monoisotopic (exact) mass is 711 g/mol. The van der Waals surface area contributed by atoms with Crippen molar-refractivity contribution in [3.8, 4) is 0 Å². The fourth-order valence-corrected chi connectivity index (χ4v) is 5.90. The van der Waals surface area contributed by atoms with Gasteiger partial charge < -0.3 is 40.8 Å². The fraction of sp³-hybridized carbons (Fsp3) is 0.600. The molecule has 0 saturated carbocycles. The molecule has 1 heterocycles. The zero-order valence-electron chi connectivity index (χ0n) is 30.1. The molecule has 1 aliphatic heterocycles. The molecule has 0 radical (unpaired) electrons. The quantitative estimate of drug-likeness (QED) is 0.195. The van der Waals surface area contributed by atoms with E-state index in [1.807, 2.05) is 25.9 Å². The van der Waals surface area contributed by atoms with Gasteiger partial charge in [0.05, 0.1) is 23.9 Å². The molecule has 2 aliphatic rings. The molecular weight excluding hydrogens is 659 g/mol. The average Bonchev–Trinajstić information content (AvgIpc) is 3.01. The van der Waals surface area contributed by atoms with Crippen molar-refractivity contribution in [2.24, 2.45) is 17.6 Å².